The highest BCUT2D eigenvalue weighted by Gasteiger charge is 2.15. The highest BCUT2D eigenvalue weighted by Crippen LogP contribution is 2.08. The van der Waals surface area contributed by atoms with Crippen LogP contribution < -0.4 is 0 Å². The number of ether oxygens (including phenoxy) is 9. The Balaban J connectivity index is 4.41. The normalized spacial score (nSPS) is 10.5. The van der Waals surface area contributed by atoms with E-state index in [2.05, 4.69) is 47.1 Å². The van der Waals surface area contributed by atoms with Gasteiger partial charge in [-0.25, -0.2) is 14.4 Å². The van der Waals surface area contributed by atoms with Crippen molar-refractivity contribution in [1.82, 2.24) is 0 Å². The fourth-order valence-electron chi connectivity index (χ4n) is 1.54. The van der Waals surface area contributed by atoms with Crippen LogP contribution in [0, 0.1) is 0 Å². The van der Waals surface area contributed by atoms with E-state index in [9.17, 15) is 14.4 Å². The van der Waals surface area contributed by atoms with E-state index in [0.29, 0.717) is 0 Å². The first-order chi connectivity index (χ1) is 15.8. The van der Waals surface area contributed by atoms with Crippen LogP contribution in [0.25, 0.3) is 0 Å². The molecule has 0 saturated carbocycles. The molecule has 0 radical (unpaired) electrons. The standard InChI is InChI=1S/C21H28O12/c1-6-19(22)30-13-26-10-9-25-11-18(33-17(5)29-15-32-21(24)8-3)12-27-16(4)28-14-31-20(23)7-2/h6-8,18H,1-5,9-15H2. The molecule has 0 aliphatic rings. The lowest BCUT2D eigenvalue weighted by Gasteiger charge is -2.21. The van der Waals surface area contributed by atoms with Crippen LogP contribution in [-0.4, -0.2) is 70.8 Å². The van der Waals surface area contributed by atoms with E-state index in [4.69, 9.17) is 28.4 Å². The van der Waals surface area contributed by atoms with Gasteiger partial charge in [-0.2, -0.15) is 0 Å². The maximum absolute atomic E-state index is 11.0. The minimum absolute atomic E-state index is 0.0106. The van der Waals surface area contributed by atoms with E-state index in [0.717, 1.165) is 18.2 Å². The van der Waals surface area contributed by atoms with Crippen molar-refractivity contribution in [3.63, 3.8) is 0 Å². The molecule has 0 N–H and O–H groups in total. The molecule has 1 atom stereocenters. The zero-order valence-electron chi connectivity index (χ0n) is 18.2. The van der Waals surface area contributed by atoms with Crippen molar-refractivity contribution in [3.8, 4) is 0 Å². The van der Waals surface area contributed by atoms with E-state index < -0.39 is 37.6 Å². The van der Waals surface area contributed by atoms with Crippen LogP contribution in [0.4, 0.5) is 0 Å². The minimum atomic E-state index is -0.762. The summed E-state index contributed by atoms with van der Waals surface area (Å²) in [5, 5.41) is 0. The van der Waals surface area contributed by atoms with Crippen molar-refractivity contribution in [2.24, 2.45) is 0 Å². The Morgan fingerprint density at radius 2 is 1.09 bits per heavy atom. The summed E-state index contributed by atoms with van der Waals surface area (Å²) in [6, 6.07) is 0. The second-order valence-electron chi connectivity index (χ2n) is 5.42. The molecule has 0 bridgehead atoms. The van der Waals surface area contributed by atoms with Crippen molar-refractivity contribution in [2.75, 3.05) is 46.8 Å². The molecular formula is C21H28O12. The number of carbonyl (C=O) groups excluding carboxylic acids is 3. The first-order valence-electron chi connectivity index (χ1n) is 9.28. The average molecular weight is 472 g/mol. The van der Waals surface area contributed by atoms with Crippen molar-refractivity contribution < 1.29 is 57.0 Å². The van der Waals surface area contributed by atoms with Crippen LogP contribution in [0.2, 0.25) is 0 Å². The van der Waals surface area contributed by atoms with Gasteiger partial charge in [0.15, 0.2) is 12.9 Å². The Morgan fingerprint density at radius 3 is 1.64 bits per heavy atom. The summed E-state index contributed by atoms with van der Waals surface area (Å²) in [4.78, 5) is 32.9. The third kappa shape index (κ3) is 17.6. The van der Waals surface area contributed by atoms with Crippen molar-refractivity contribution in [2.45, 2.75) is 6.10 Å². The van der Waals surface area contributed by atoms with Gasteiger partial charge < -0.3 is 42.6 Å². The van der Waals surface area contributed by atoms with Gasteiger partial charge in [-0.15, -0.1) is 0 Å². The predicted octanol–water partition coefficient (Wildman–Crippen LogP) is 1.46. The minimum Gasteiger partial charge on any atom is -0.462 e. The van der Waals surface area contributed by atoms with E-state index >= 15 is 0 Å². The van der Waals surface area contributed by atoms with E-state index in [-0.39, 0.29) is 45.1 Å². The molecule has 0 fully saturated rings. The van der Waals surface area contributed by atoms with Gasteiger partial charge in [-0.1, -0.05) is 19.7 Å². The molecule has 0 aromatic carbocycles. The molecule has 0 aromatic rings. The third-order valence-electron chi connectivity index (χ3n) is 3.03. The summed E-state index contributed by atoms with van der Waals surface area (Å²) in [6.45, 7) is 15.8. The van der Waals surface area contributed by atoms with Crippen LogP contribution in [0.1, 0.15) is 0 Å². The first kappa shape index (κ1) is 29.2. The molecule has 0 aliphatic carbocycles. The Bertz CT molecular complexity index is 685. The molecule has 0 amide bonds. The summed E-state index contributed by atoms with van der Waals surface area (Å²) in [5.74, 6) is -2.30. The van der Waals surface area contributed by atoms with Gasteiger partial charge in [0.05, 0.1) is 19.8 Å². The average Bonchev–Trinajstić information content (AvgIpc) is 2.80. The molecule has 12 nitrogen and oxygen atoms in total. The monoisotopic (exact) mass is 472 g/mol. The van der Waals surface area contributed by atoms with Crippen LogP contribution in [0.3, 0.4) is 0 Å². The molecular weight excluding hydrogens is 444 g/mol. The summed E-state index contributed by atoms with van der Waals surface area (Å²) in [5.41, 5.74) is 0. The molecule has 0 aromatic heterocycles. The van der Waals surface area contributed by atoms with E-state index in [1.54, 1.807) is 0 Å². The molecule has 0 heterocycles. The molecule has 0 saturated heterocycles. The maximum Gasteiger partial charge on any atom is 0.333 e. The van der Waals surface area contributed by atoms with Gasteiger partial charge in [0.2, 0.25) is 13.6 Å². The van der Waals surface area contributed by atoms with E-state index in [1.165, 1.54) is 0 Å². The first-order valence-corrected chi connectivity index (χ1v) is 9.28. The summed E-state index contributed by atoms with van der Waals surface area (Å²) in [6.07, 6.45) is 2.19. The molecule has 0 rings (SSSR count). The summed E-state index contributed by atoms with van der Waals surface area (Å²) in [7, 11) is 0. The highest BCUT2D eigenvalue weighted by atomic mass is 16.8. The van der Waals surface area contributed by atoms with Crippen molar-refractivity contribution in [3.05, 3.63) is 63.0 Å². The summed E-state index contributed by atoms with van der Waals surface area (Å²) < 4.78 is 45.1. The van der Waals surface area contributed by atoms with Gasteiger partial charge in [0, 0.05) is 18.2 Å². The highest BCUT2D eigenvalue weighted by molar-refractivity contribution is 5.81. The number of hydrogen-bond acceptors (Lipinski definition) is 12. The second-order valence-corrected chi connectivity index (χ2v) is 5.42. The van der Waals surface area contributed by atoms with Gasteiger partial charge in [0.25, 0.3) is 11.9 Å². The van der Waals surface area contributed by atoms with Gasteiger partial charge in [-0.05, 0) is 13.2 Å². The third-order valence-corrected chi connectivity index (χ3v) is 3.03. The fraction of sp³-hybridized carbons (Fsp3) is 0.381. The Labute approximate surface area is 191 Å². The van der Waals surface area contributed by atoms with Crippen LogP contribution in [-0.2, 0) is 57.0 Å². The summed E-state index contributed by atoms with van der Waals surface area (Å²) >= 11 is 0. The van der Waals surface area contributed by atoms with Crippen molar-refractivity contribution in [1.29, 1.82) is 0 Å². The molecule has 12 heteroatoms. The quantitative estimate of drug-likeness (QED) is 0.0598. The smallest absolute Gasteiger partial charge is 0.333 e. The molecule has 184 valence electrons. The predicted molar refractivity (Wildman–Crippen MR) is 112 cm³/mol. The van der Waals surface area contributed by atoms with Crippen LogP contribution in [0.15, 0.2) is 63.0 Å². The van der Waals surface area contributed by atoms with Gasteiger partial charge in [0.1, 0.15) is 6.61 Å². The van der Waals surface area contributed by atoms with Gasteiger partial charge >= 0.3 is 17.9 Å². The van der Waals surface area contributed by atoms with Crippen LogP contribution in [0.5, 0.6) is 0 Å². The number of esters is 3. The zero-order valence-corrected chi connectivity index (χ0v) is 18.2. The lowest BCUT2D eigenvalue weighted by atomic mass is 10.4. The van der Waals surface area contributed by atoms with Crippen molar-refractivity contribution >= 4 is 17.9 Å². The second kappa shape index (κ2) is 19.0. The lowest BCUT2D eigenvalue weighted by molar-refractivity contribution is -0.159. The van der Waals surface area contributed by atoms with Crippen LogP contribution >= 0.6 is 0 Å². The molecule has 0 spiro atoms. The Hall–Kier alpha value is -3.77. The molecule has 33 heavy (non-hydrogen) atoms. The SMILES string of the molecule is C=CC(=O)OCOCCOCC(COC(=C)OCOC(=O)C=C)OC(=C)OCOC(=O)C=C. The topological polar surface area (TPSA) is 134 Å². The maximum atomic E-state index is 11.0. The molecule has 0 aliphatic heterocycles. The largest absolute Gasteiger partial charge is 0.462 e. The Kier molecular flexibility index (Phi) is 16.8. The lowest BCUT2D eigenvalue weighted by Crippen LogP contribution is -2.27. The van der Waals surface area contributed by atoms with E-state index in [1.807, 2.05) is 0 Å². The van der Waals surface area contributed by atoms with Gasteiger partial charge in [-0.3, -0.25) is 0 Å². The zero-order chi connectivity index (χ0) is 24.9. The molecule has 1 unspecified atom stereocenters. The Morgan fingerprint density at radius 1 is 0.606 bits per heavy atom. The number of carbonyl (C=O) groups is 3. The number of rotatable bonds is 21. The number of hydrogen-bond donors (Lipinski definition) is 0. The fourth-order valence-corrected chi connectivity index (χ4v) is 1.54.